The monoisotopic (exact) mass is 809 g/mol. The van der Waals surface area contributed by atoms with E-state index in [9.17, 15) is 0 Å². The third-order valence-electron chi connectivity index (χ3n) is 13.9. The molecule has 1 unspecified atom stereocenters. The van der Waals surface area contributed by atoms with Gasteiger partial charge in [0.05, 0.1) is 5.41 Å². The Balaban J connectivity index is 1.03. The minimum absolute atomic E-state index is 0.0108. The predicted molar refractivity (Wildman–Crippen MR) is 266 cm³/mol. The highest BCUT2D eigenvalue weighted by Gasteiger charge is 2.54. The fourth-order valence-corrected chi connectivity index (χ4v) is 10.9. The van der Waals surface area contributed by atoms with E-state index in [0.29, 0.717) is 0 Å². The molecule has 2 aliphatic rings. The third-order valence-corrected chi connectivity index (χ3v) is 13.9. The fraction of sp³-hybridized carbons (Fsp3) is 0.129. The van der Waals surface area contributed by atoms with Gasteiger partial charge in [0.2, 0.25) is 0 Å². The van der Waals surface area contributed by atoms with Crippen LogP contribution in [-0.4, -0.2) is 0 Å². The lowest BCUT2D eigenvalue weighted by molar-refractivity contribution is 0.562. The molecule has 1 atom stereocenters. The summed E-state index contributed by atoms with van der Waals surface area (Å²) in [5.41, 5.74) is 22.4. The van der Waals surface area contributed by atoms with Crippen molar-refractivity contribution < 1.29 is 0 Å². The maximum Gasteiger partial charge on any atom is 0.0719 e. The molecule has 0 saturated heterocycles. The molecule has 2 aliphatic carbocycles. The maximum absolute atomic E-state index is 2.50. The van der Waals surface area contributed by atoms with E-state index in [0.717, 1.165) is 17.1 Å². The average Bonchev–Trinajstić information content (AvgIpc) is 3.63. The van der Waals surface area contributed by atoms with Gasteiger partial charge in [-0.3, -0.25) is 0 Å². The van der Waals surface area contributed by atoms with Gasteiger partial charge in [-0.15, -0.1) is 0 Å². The van der Waals surface area contributed by atoms with Crippen LogP contribution in [0.25, 0.3) is 44.5 Å². The summed E-state index contributed by atoms with van der Waals surface area (Å²) in [6, 6.07) is 81.1. The number of nitrogens with zero attached hydrogens (tertiary/aromatic N) is 1. The van der Waals surface area contributed by atoms with Crippen LogP contribution in [-0.2, 0) is 16.2 Å². The zero-order valence-corrected chi connectivity index (χ0v) is 36.7. The van der Waals surface area contributed by atoms with Crippen molar-refractivity contribution in [1.29, 1.82) is 0 Å². The molecular weight excluding hydrogens is 759 g/mol. The molecule has 0 saturated carbocycles. The molecule has 0 amide bonds. The van der Waals surface area contributed by atoms with Crippen LogP contribution in [0.3, 0.4) is 0 Å². The Morgan fingerprint density at radius 3 is 1.29 bits per heavy atom. The Morgan fingerprint density at radius 2 is 0.746 bits per heavy atom. The van der Waals surface area contributed by atoms with Gasteiger partial charge in [-0.05, 0) is 131 Å². The largest absolute Gasteiger partial charge is 0.311 e. The van der Waals surface area contributed by atoms with E-state index in [1.54, 1.807) is 0 Å². The van der Waals surface area contributed by atoms with Crippen LogP contribution in [0.15, 0.2) is 218 Å². The summed E-state index contributed by atoms with van der Waals surface area (Å²) in [4.78, 5) is 2.37. The van der Waals surface area contributed by atoms with Crippen LogP contribution in [0.1, 0.15) is 73.6 Å². The topological polar surface area (TPSA) is 3.24 Å². The third kappa shape index (κ3) is 6.13. The van der Waals surface area contributed by atoms with Crippen LogP contribution >= 0.6 is 0 Å². The van der Waals surface area contributed by atoms with E-state index < -0.39 is 5.41 Å². The standard InChI is InChI=1S/C62H51N/c1-60(2,3)56-25-16-26-57-59(56)51-21-12-13-22-52(51)62(57)54-24-15-14-23-53(54)61(4,5)58-41-47(33-40-55(58)62)46-31-38-50(39-32-46)63(48-34-27-44(28-35-48)42-17-8-6-9-18-42)49-36-29-45(30-37-49)43-19-10-7-11-20-43/h6-41H,1-5H3. The van der Waals surface area contributed by atoms with E-state index in [2.05, 4.69) is 258 Å². The van der Waals surface area contributed by atoms with Gasteiger partial charge >= 0.3 is 0 Å². The molecule has 0 aliphatic heterocycles. The number of rotatable bonds is 6. The first-order chi connectivity index (χ1) is 30.6. The predicted octanol–water partition coefficient (Wildman–Crippen LogP) is 16.5. The number of hydrogen-bond donors (Lipinski definition) is 0. The molecule has 0 radical (unpaired) electrons. The van der Waals surface area contributed by atoms with Gasteiger partial charge in [0.1, 0.15) is 0 Å². The molecule has 0 aromatic heterocycles. The minimum Gasteiger partial charge on any atom is -0.311 e. The first-order valence-corrected chi connectivity index (χ1v) is 22.3. The lowest BCUT2D eigenvalue weighted by atomic mass is 9.55. The van der Waals surface area contributed by atoms with E-state index in [-0.39, 0.29) is 10.8 Å². The first-order valence-electron chi connectivity index (χ1n) is 22.3. The van der Waals surface area contributed by atoms with Gasteiger partial charge in [-0.2, -0.15) is 0 Å². The van der Waals surface area contributed by atoms with Crippen LogP contribution < -0.4 is 4.90 Å². The second-order valence-electron chi connectivity index (χ2n) is 18.9. The highest BCUT2D eigenvalue weighted by Crippen LogP contribution is 2.63. The minimum atomic E-state index is -0.427. The van der Waals surface area contributed by atoms with Crippen molar-refractivity contribution in [1.82, 2.24) is 0 Å². The zero-order valence-electron chi connectivity index (χ0n) is 36.7. The summed E-state index contributed by atoms with van der Waals surface area (Å²) in [5, 5.41) is 0. The lowest BCUT2D eigenvalue weighted by Crippen LogP contribution is -2.40. The SMILES string of the molecule is CC(C)(C)c1cccc2c1-c1ccccc1C21c2ccccc2C(C)(C)c2cc(-c3ccc(N(c4ccc(-c5ccccc5)cc4)c4ccc(-c5ccccc5)cc4)cc3)ccc21. The zero-order chi connectivity index (χ0) is 42.9. The number of anilines is 3. The second-order valence-corrected chi connectivity index (χ2v) is 18.9. The average molecular weight is 810 g/mol. The summed E-state index contributed by atoms with van der Waals surface area (Å²) < 4.78 is 0. The van der Waals surface area contributed by atoms with E-state index in [1.807, 2.05) is 0 Å². The smallest absolute Gasteiger partial charge is 0.0719 e. The molecule has 0 bridgehead atoms. The number of benzene rings is 9. The van der Waals surface area contributed by atoms with Crippen molar-refractivity contribution in [2.24, 2.45) is 0 Å². The molecule has 9 aromatic rings. The Labute approximate surface area is 373 Å². The molecule has 304 valence electrons. The van der Waals surface area contributed by atoms with Crippen molar-refractivity contribution in [3.05, 3.63) is 257 Å². The normalized spacial score (nSPS) is 15.6. The van der Waals surface area contributed by atoms with E-state index >= 15 is 0 Å². The maximum atomic E-state index is 2.50. The molecular formula is C62H51N. The molecule has 0 heterocycles. The van der Waals surface area contributed by atoms with Gasteiger partial charge in [-0.25, -0.2) is 0 Å². The van der Waals surface area contributed by atoms with Crippen LogP contribution in [0.4, 0.5) is 17.1 Å². The first kappa shape index (κ1) is 38.7. The van der Waals surface area contributed by atoms with Crippen molar-refractivity contribution >= 4 is 17.1 Å². The summed E-state index contributed by atoms with van der Waals surface area (Å²) in [5.74, 6) is 0. The highest BCUT2D eigenvalue weighted by molar-refractivity contribution is 5.91. The number of fused-ring (bicyclic) bond motifs is 9. The number of hydrogen-bond acceptors (Lipinski definition) is 1. The van der Waals surface area contributed by atoms with Gasteiger partial charge < -0.3 is 4.90 Å². The van der Waals surface area contributed by atoms with E-state index in [4.69, 9.17) is 0 Å². The Morgan fingerprint density at radius 1 is 0.333 bits per heavy atom. The quantitative estimate of drug-likeness (QED) is 0.162. The summed E-state index contributed by atoms with van der Waals surface area (Å²) >= 11 is 0. The summed E-state index contributed by atoms with van der Waals surface area (Å²) in [7, 11) is 0. The molecule has 0 fully saturated rings. The lowest BCUT2D eigenvalue weighted by Gasteiger charge is -2.47. The Bertz CT molecular complexity index is 3050. The van der Waals surface area contributed by atoms with Gasteiger partial charge in [0.15, 0.2) is 0 Å². The van der Waals surface area contributed by atoms with Crippen LogP contribution in [0.5, 0.6) is 0 Å². The van der Waals surface area contributed by atoms with Crippen molar-refractivity contribution in [2.45, 2.75) is 50.9 Å². The van der Waals surface area contributed by atoms with E-state index in [1.165, 1.54) is 83.5 Å². The molecule has 0 N–H and O–H groups in total. The second kappa shape index (κ2) is 14.7. The Hall–Kier alpha value is -7.22. The molecule has 11 rings (SSSR count). The van der Waals surface area contributed by atoms with Crippen molar-refractivity contribution in [3.63, 3.8) is 0 Å². The van der Waals surface area contributed by atoms with Crippen molar-refractivity contribution in [3.8, 4) is 44.5 Å². The van der Waals surface area contributed by atoms with Gasteiger partial charge in [0, 0.05) is 22.5 Å². The van der Waals surface area contributed by atoms with Gasteiger partial charge in [0.25, 0.3) is 0 Å². The van der Waals surface area contributed by atoms with Gasteiger partial charge in [-0.1, -0.05) is 211 Å². The highest BCUT2D eigenvalue weighted by atomic mass is 15.1. The molecule has 1 nitrogen and oxygen atoms in total. The molecule has 9 aromatic carbocycles. The molecule has 1 heteroatoms. The molecule has 1 spiro atoms. The summed E-state index contributed by atoms with van der Waals surface area (Å²) in [6.45, 7) is 11.9. The fourth-order valence-electron chi connectivity index (χ4n) is 10.9. The molecule has 63 heavy (non-hydrogen) atoms. The summed E-state index contributed by atoms with van der Waals surface area (Å²) in [6.07, 6.45) is 0. The van der Waals surface area contributed by atoms with Crippen LogP contribution in [0.2, 0.25) is 0 Å². The Kier molecular flexibility index (Phi) is 9.03. The van der Waals surface area contributed by atoms with Crippen LogP contribution in [0, 0.1) is 0 Å². The van der Waals surface area contributed by atoms with Crippen molar-refractivity contribution in [2.75, 3.05) is 4.90 Å².